The van der Waals surface area contributed by atoms with Crippen molar-refractivity contribution in [1.29, 1.82) is 0 Å². The predicted octanol–water partition coefficient (Wildman–Crippen LogP) is 0.226. The van der Waals surface area contributed by atoms with Crippen molar-refractivity contribution in [2.24, 2.45) is 0 Å². The standard InChI is InChI=1S/C11H23N5O2/c1-3-5-12-10-11-13-14-15-16(11)6-4-7-18-9-8-17-2/h12H,3-10H2,1-2H3. The molecule has 0 fully saturated rings. The van der Waals surface area contributed by atoms with Crippen LogP contribution < -0.4 is 5.32 Å². The largest absolute Gasteiger partial charge is 0.382 e. The topological polar surface area (TPSA) is 74.1 Å². The quantitative estimate of drug-likeness (QED) is 0.572. The molecule has 0 bridgehead atoms. The molecule has 0 atom stereocenters. The molecule has 0 aliphatic carbocycles. The molecule has 7 heteroatoms. The van der Waals surface area contributed by atoms with E-state index in [9.17, 15) is 0 Å². The lowest BCUT2D eigenvalue weighted by Gasteiger charge is -2.06. The van der Waals surface area contributed by atoms with Crippen molar-refractivity contribution >= 4 is 0 Å². The SMILES string of the molecule is CCCNCc1nnnn1CCCOCCOC. The van der Waals surface area contributed by atoms with Gasteiger partial charge in [0.05, 0.1) is 19.8 Å². The van der Waals surface area contributed by atoms with Crippen molar-refractivity contribution in [3.05, 3.63) is 5.82 Å². The van der Waals surface area contributed by atoms with Crippen LogP contribution in [0.5, 0.6) is 0 Å². The first-order valence-corrected chi connectivity index (χ1v) is 6.41. The molecule has 7 nitrogen and oxygen atoms in total. The molecular weight excluding hydrogens is 234 g/mol. The number of hydrogen-bond donors (Lipinski definition) is 1. The zero-order valence-corrected chi connectivity index (χ0v) is 11.3. The van der Waals surface area contributed by atoms with Crippen molar-refractivity contribution in [2.75, 3.05) is 33.5 Å². The summed E-state index contributed by atoms with van der Waals surface area (Å²) in [5.41, 5.74) is 0. The molecule has 0 amide bonds. The Morgan fingerprint density at radius 3 is 2.94 bits per heavy atom. The van der Waals surface area contributed by atoms with Crippen molar-refractivity contribution in [3.63, 3.8) is 0 Å². The zero-order chi connectivity index (χ0) is 13.1. The summed E-state index contributed by atoms with van der Waals surface area (Å²) in [7, 11) is 1.67. The highest BCUT2D eigenvalue weighted by molar-refractivity contribution is 4.79. The van der Waals surface area contributed by atoms with E-state index >= 15 is 0 Å². The normalized spacial score (nSPS) is 11.0. The van der Waals surface area contributed by atoms with Gasteiger partial charge in [0.1, 0.15) is 0 Å². The first-order valence-electron chi connectivity index (χ1n) is 6.41. The molecule has 18 heavy (non-hydrogen) atoms. The second-order valence-electron chi connectivity index (χ2n) is 3.95. The summed E-state index contributed by atoms with van der Waals surface area (Å²) in [5, 5.41) is 14.9. The molecule has 1 aromatic rings. The van der Waals surface area contributed by atoms with E-state index in [1.54, 1.807) is 7.11 Å². The lowest BCUT2D eigenvalue weighted by molar-refractivity contribution is 0.0675. The molecule has 1 heterocycles. The fraction of sp³-hybridized carbons (Fsp3) is 0.909. The Hall–Kier alpha value is -1.05. The maximum absolute atomic E-state index is 5.39. The Morgan fingerprint density at radius 2 is 2.17 bits per heavy atom. The average molecular weight is 257 g/mol. The molecule has 1 rings (SSSR count). The minimum Gasteiger partial charge on any atom is -0.382 e. The van der Waals surface area contributed by atoms with Gasteiger partial charge in [0.2, 0.25) is 0 Å². The monoisotopic (exact) mass is 257 g/mol. The summed E-state index contributed by atoms with van der Waals surface area (Å²) in [6.45, 7) is 6.58. The van der Waals surface area contributed by atoms with Gasteiger partial charge in [0, 0.05) is 20.3 Å². The molecule has 0 saturated carbocycles. The highest BCUT2D eigenvalue weighted by Gasteiger charge is 2.04. The van der Waals surface area contributed by atoms with E-state index in [-0.39, 0.29) is 0 Å². The molecule has 0 aliphatic rings. The Morgan fingerprint density at radius 1 is 1.28 bits per heavy atom. The Labute approximate surface area is 108 Å². The second kappa shape index (κ2) is 9.93. The summed E-state index contributed by atoms with van der Waals surface area (Å²) in [6, 6.07) is 0. The molecule has 0 aromatic carbocycles. The fourth-order valence-electron chi connectivity index (χ4n) is 1.46. The molecule has 1 N–H and O–H groups in total. The number of nitrogens with zero attached hydrogens (tertiary/aromatic N) is 4. The molecule has 0 saturated heterocycles. The van der Waals surface area contributed by atoms with Crippen LogP contribution in [0.4, 0.5) is 0 Å². The smallest absolute Gasteiger partial charge is 0.165 e. The van der Waals surface area contributed by atoms with Crippen LogP contribution in [0, 0.1) is 0 Å². The van der Waals surface area contributed by atoms with Crippen LogP contribution in [0.1, 0.15) is 25.6 Å². The van der Waals surface area contributed by atoms with Gasteiger partial charge in [0.25, 0.3) is 0 Å². The van der Waals surface area contributed by atoms with Gasteiger partial charge in [-0.3, -0.25) is 0 Å². The highest BCUT2D eigenvalue weighted by Crippen LogP contribution is 1.95. The lowest BCUT2D eigenvalue weighted by Crippen LogP contribution is -2.18. The van der Waals surface area contributed by atoms with E-state index in [1.165, 1.54) is 0 Å². The highest BCUT2D eigenvalue weighted by atomic mass is 16.5. The first kappa shape index (κ1) is 15.0. The van der Waals surface area contributed by atoms with Crippen LogP contribution in [-0.4, -0.2) is 53.7 Å². The van der Waals surface area contributed by atoms with Gasteiger partial charge in [-0.15, -0.1) is 5.10 Å². The maximum Gasteiger partial charge on any atom is 0.165 e. The molecular formula is C11H23N5O2. The van der Waals surface area contributed by atoms with Gasteiger partial charge in [0.15, 0.2) is 5.82 Å². The summed E-state index contributed by atoms with van der Waals surface area (Å²) in [5.74, 6) is 0.875. The van der Waals surface area contributed by atoms with Crippen LogP contribution in [-0.2, 0) is 22.6 Å². The van der Waals surface area contributed by atoms with Gasteiger partial charge in [-0.2, -0.15) is 0 Å². The van der Waals surface area contributed by atoms with Gasteiger partial charge in [-0.05, 0) is 29.8 Å². The number of rotatable bonds is 11. The number of tetrazole rings is 1. The Bertz CT molecular complexity index is 305. The minimum atomic E-state index is 0.636. The third-order valence-electron chi connectivity index (χ3n) is 2.41. The number of aryl methyl sites for hydroxylation is 1. The average Bonchev–Trinajstić information content (AvgIpc) is 2.82. The minimum absolute atomic E-state index is 0.636. The van der Waals surface area contributed by atoms with Crippen molar-refractivity contribution in [3.8, 4) is 0 Å². The zero-order valence-electron chi connectivity index (χ0n) is 11.3. The summed E-state index contributed by atoms with van der Waals surface area (Å²) in [6.07, 6.45) is 2.00. The Balaban J connectivity index is 2.15. The number of ether oxygens (including phenoxy) is 2. The van der Waals surface area contributed by atoms with Crippen molar-refractivity contribution < 1.29 is 9.47 Å². The predicted molar refractivity (Wildman–Crippen MR) is 67.1 cm³/mol. The van der Waals surface area contributed by atoms with Gasteiger partial charge < -0.3 is 14.8 Å². The second-order valence-corrected chi connectivity index (χ2v) is 3.95. The van der Waals surface area contributed by atoms with Gasteiger partial charge >= 0.3 is 0 Å². The number of hydrogen-bond acceptors (Lipinski definition) is 6. The molecule has 104 valence electrons. The molecule has 1 aromatic heterocycles. The molecule has 0 aliphatic heterocycles. The molecule has 0 spiro atoms. The Kier molecular flexibility index (Phi) is 8.28. The third kappa shape index (κ3) is 6.04. The van der Waals surface area contributed by atoms with E-state index in [1.807, 2.05) is 4.68 Å². The van der Waals surface area contributed by atoms with Gasteiger partial charge in [-0.25, -0.2) is 4.68 Å². The summed E-state index contributed by atoms with van der Waals surface area (Å²) in [4.78, 5) is 0. The first-order chi connectivity index (χ1) is 8.88. The van der Waals surface area contributed by atoms with Crippen LogP contribution in [0.15, 0.2) is 0 Å². The number of aromatic nitrogens is 4. The van der Waals surface area contributed by atoms with Crippen molar-refractivity contribution in [1.82, 2.24) is 25.5 Å². The number of methoxy groups -OCH3 is 1. The summed E-state index contributed by atoms with van der Waals surface area (Å²) >= 11 is 0. The lowest BCUT2D eigenvalue weighted by atomic mass is 10.4. The van der Waals surface area contributed by atoms with Crippen LogP contribution >= 0.6 is 0 Å². The molecule has 0 unspecified atom stereocenters. The summed E-state index contributed by atoms with van der Waals surface area (Å²) < 4.78 is 12.1. The van der Waals surface area contributed by atoms with Crippen LogP contribution in [0.2, 0.25) is 0 Å². The van der Waals surface area contributed by atoms with E-state index < -0.39 is 0 Å². The van der Waals surface area contributed by atoms with Crippen LogP contribution in [0.3, 0.4) is 0 Å². The fourth-order valence-corrected chi connectivity index (χ4v) is 1.46. The van der Waals surface area contributed by atoms with Crippen LogP contribution in [0.25, 0.3) is 0 Å². The van der Waals surface area contributed by atoms with Gasteiger partial charge in [-0.1, -0.05) is 6.92 Å². The maximum atomic E-state index is 5.39. The third-order valence-corrected chi connectivity index (χ3v) is 2.41. The van der Waals surface area contributed by atoms with Crippen molar-refractivity contribution in [2.45, 2.75) is 32.9 Å². The van der Waals surface area contributed by atoms with E-state index in [2.05, 4.69) is 27.8 Å². The number of nitrogens with one attached hydrogen (secondary N) is 1. The van der Waals surface area contributed by atoms with E-state index in [0.717, 1.165) is 31.8 Å². The van der Waals surface area contributed by atoms with E-state index in [4.69, 9.17) is 9.47 Å². The van der Waals surface area contributed by atoms with E-state index in [0.29, 0.717) is 26.4 Å². The molecule has 0 radical (unpaired) electrons.